The minimum absolute atomic E-state index is 0.137. The summed E-state index contributed by atoms with van der Waals surface area (Å²) in [5.74, 6) is 2.62. The van der Waals surface area contributed by atoms with E-state index in [9.17, 15) is 4.79 Å². The number of nitrogens with zero attached hydrogens (tertiary/aromatic N) is 6. The lowest BCUT2D eigenvalue weighted by Gasteiger charge is -2.36. The fourth-order valence-electron chi connectivity index (χ4n) is 6.73. The van der Waals surface area contributed by atoms with Gasteiger partial charge in [-0.3, -0.25) is 9.69 Å². The van der Waals surface area contributed by atoms with Crippen molar-refractivity contribution < 1.29 is 14.3 Å². The molecular weight excluding hydrogens is 587 g/mol. The molecule has 2 unspecified atom stereocenters. The number of methoxy groups -OCH3 is 1. The van der Waals surface area contributed by atoms with E-state index in [1.165, 1.54) is 20.1 Å². The molecule has 0 bridgehead atoms. The Balaban J connectivity index is 1.17. The molecule has 3 aromatic rings. The Bertz CT molecular complexity index is 1410. The SMILES string of the molecule is COC(=O)CC1CCN(Cc2cc(Oc3cnc(N4CCC5C(CCN5C)C4)nc3)nc(-c3cc(Cl)cc(Cl)c3)c2)CC1. The van der Waals surface area contributed by atoms with Crippen molar-refractivity contribution in [2.75, 3.05) is 51.8 Å². The fraction of sp³-hybridized carbons (Fsp3) is 0.500. The van der Waals surface area contributed by atoms with Gasteiger partial charge in [-0.25, -0.2) is 15.0 Å². The molecule has 1 aromatic carbocycles. The molecule has 3 saturated heterocycles. The number of rotatable bonds is 8. The summed E-state index contributed by atoms with van der Waals surface area (Å²) in [4.78, 5) is 33.0. The Kier molecular flexibility index (Phi) is 9.33. The molecule has 3 aliphatic heterocycles. The number of carbonyl (C=O) groups is 1. The molecule has 228 valence electrons. The molecule has 43 heavy (non-hydrogen) atoms. The van der Waals surface area contributed by atoms with E-state index >= 15 is 0 Å². The number of hydrogen-bond acceptors (Lipinski definition) is 9. The van der Waals surface area contributed by atoms with Gasteiger partial charge < -0.3 is 19.3 Å². The maximum Gasteiger partial charge on any atom is 0.305 e. The minimum Gasteiger partial charge on any atom is -0.469 e. The van der Waals surface area contributed by atoms with Crippen LogP contribution in [0.1, 0.15) is 37.7 Å². The second kappa shape index (κ2) is 13.3. The summed E-state index contributed by atoms with van der Waals surface area (Å²) in [7, 11) is 3.68. The van der Waals surface area contributed by atoms with Gasteiger partial charge in [-0.15, -0.1) is 0 Å². The largest absolute Gasteiger partial charge is 0.469 e. The molecule has 0 N–H and O–H groups in total. The summed E-state index contributed by atoms with van der Waals surface area (Å²) < 4.78 is 11.1. The van der Waals surface area contributed by atoms with Crippen molar-refractivity contribution in [1.82, 2.24) is 24.8 Å². The Hall–Kier alpha value is -2.98. The van der Waals surface area contributed by atoms with Gasteiger partial charge in [0.15, 0.2) is 5.75 Å². The van der Waals surface area contributed by atoms with Crippen LogP contribution in [0.3, 0.4) is 0 Å². The predicted molar refractivity (Wildman–Crippen MR) is 168 cm³/mol. The Morgan fingerprint density at radius 2 is 1.70 bits per heavy atom. The van der Waals surface area contributed by atoms with Crippen LogP contribution in [0.2, 0.25) is 10.0 Å². The van der Waals surface area contributed by atoms with Gasteiger partial charge in [-0.1, -0.05) is 23.2 Å². The van der Waals surface area contributed by atoms with E-state index < -0.39 is 0 Å². The highest BCUT2D eigenvalue weighted by Crippen LogP contribution is 2.33. The maximum absolute atomic E-state index is 11.7. The summed E-state index contributed by atoms with van der Waals surface area (Å²) in [5.41, 5.74) is 2.59. The summed E-state index contributed by atoms with van der Waals surface area (Å²) in [6.07, 6.45) is 8.22. The van der Waals surface area contributed by atoms with Crippen LogP contribution < -0.4 is 9.64 Å². The van der Waals surface area contributed by atoms with Crippen LogP contribution in [-0.2, 0) is 16.1 Å². The molecule has 9 nitrogen and oxygen atoms in total. The molecule has 0 aliphatic carbocycles. The van der Waals surface area contributed by atoms with E-state index in [-0.39, 0.29) is 5.97 Å². The lowest BCUT2D eigenvalue weighted by atomic mass is 9.93. The first-order valence-corrected chi connectivity index (χ1v) is 15.8. The molecule has 5 heterocycles. The van der Waals surface area contributed by atoms with Crippen molar-refractivity contribution >= 4 is 35.1 Å². The number of ether oxygens (including phenoxy) is 2. The van der Waals surface area contributed by atoms with Gasteiger partial charge in [0.2, 0.25) is 11.8 Å². The van der Waals surface area contributed by atoms with Crippen molar-refractivity contribution in [1.29, 1.82) is 0 Å². The zero-order valence-corrected chi connectivity index (χ0v) is 26.2. The topological polar surface area (TPSA) is 83.9 Å². The van der Waals surface area contributed by atoms with E-state index in [4.69, 9.17) is 37.7 Å². The van der Waals surface area contributed by atoms with Crippen molar-refractivity contribution in [3.05, 3.63) is 58.3 Å². The van der Waals surface area contributed by atoms with Crippen molar-refractivity contribution in [2.45, 2.75) is 44.7 Å². The van der Waals surface area contributed by atoms with Crippen LogP contribution in [0.25, 0.3) is 11.3 Å². The second-order valence-corrected chi connectivity index (χ2v) is 12.9. The Morgan fingerprint density at radius 3 is 2.42 bits per heavy atom. The molecule has 0 radical (unpaired) electrons. The minimum atomic E-state index is -0.137. The molecule has 3 fully saturated rings. The number of carbonyl (C=O) groups excluding carboxylic acids is 1. The number of halogens is 2. The number of piperidine rings is 2. The monoisotopic (exact) mass is 624 g/mol. The highest BCUT2D eigenvalue weighted by atomic mass is 35.5. The molecular formula is C32H38Cl2N6O3. The van der Waals surface area contributed by atoms with Crippen LogP contribution >= 0.6 is 23.2 Å². The lowest BCUT2D eigenvalue weighted by molar-refractivity contribution is -0.142. The van der Waals surface area contributed by atoms with E-state index in [0.717, 1.165) is 74.8 Å². The van der Waals surface area contributed by atoms with E-state index in [2.05, 4.69) is 37.8 Å². The van der Waals surface area contributed by atoms with Gasteiger partial charge in [0.25, 0.3) is 0 Å². The maximum atomic E-state index is 11.7. The number of fused-ring (bicyclic) bond motifs is 1. The smallest absolute Gasteiger partial charge is 0.305 e. The Morgan fingerprint density at radius 1 is 0.953 bits per heavy atom. The molecule has 0 saturated carbocycles. The van der Waals surface area contributed by atoms with E-state index in [0.29, 0.717) is 46.0 Å². The first-order chi connectivity index (χ1) is 20.8. The molecule has 2 aromatic heterocycles. The lowest BCUT2D eigenvalue weighted by Crippen LogP contribution is -2.45. The highest BCUT2D eigenvalue weighted by molar-refractivity contribution is 6.35. The average Bonchev–Trinajstić information content (AvgIpc) is 3.37. The van der Waals surface area contributed by atoms with Crippen LogP contribution in [0, 0.1) is 11.8 Å². The zero-order chi connectivity index (χ0) is 29.9. The molecule has 0 amide bonds. The number of aromatic nitrogens is 3. The van der Waals surface area contributed by atoms with Crippen LogP contribution in [-0.4, -0.2) is 83.6 Å². The molecule has 0 spiro atoms. The number of benzene rings is 1. The number of likely N-dealkylation sites (tertiary alicyclic amines) is 2. The average molecular weight is 626 g/mol. The van der Waals surface area contributed by atoms with Crippen molar-refractivity contribution in [3.8, 4) is 22.9 Å². The Labute approximate surface area is 263 Å². The predicted octanol–water partition coefficient (Wildman–Crippen LogP) is 5.94. The molecule has 2 atom stereocenters. The third-order valence-corrected chi connectivity index (χ3v) is 9.49. The molecule has 6 rings (SSSR count). The van der Waals surface area contributed by atoms with Gasteiger partial charge in [-0.2, -0.15) is 0 Å². The third kappa shape index (κ3) is 7.40. The summed E-state index contributed by atoms with van der Waals surface area (Å²) in [6, 6.07) is 10.1. The summed E-state index contributed by atoms with van der Waals surface area (Å²) >= 11 is 12.7. The quantitative estimate of drug-likeness (QED) is 0.283. The van der Waals surface area contributed by atoms with Crippen LogP contribution in [0.5, 0.6) is 11.6 Å². The summed E-state index contributed by atoms with van der Waals surface area (Å²) in [5, 5.41) is 1.09. The van der Waals surface area contributed by atoms with Crippen LogP contribution in [0.15, 0.2) is 42.7 Å². The number of hydrogen-bond donors (Lipinski definition) is 0. The fourth-order valence-corrected chi connectivity index (χ4v) is 7.25. The normalized spacial score (nSPS) is 21.5. The van der Waals surface area contributed by atoms with Gasteiger partial charge in [-0.05, 0) is 94.0 Å². The number of anilines is 1. The van der Waals surface area contributed by atoms with Gasteiger partial charge in [0, 0.05) is 53.8 Å². The van der Waals surface area contributed by atoms with Crippen molar-refractivity contribution in [3.63, 3.8) is 0 Å². The van der Waals surface area contributed by atoms with Gasteiger partial charge in [0.1, 0.15) is 0 Å². The van der Waals surface area contributed by atoms with Crippen molar-refractivity contribution in [2.24, 2.45) is 11.8 Å². The van der Waals surface area contributed by atoms with Crippen LogP contribution in [0.4, 0.5) is 5.95 Å². The highest BCUT2D eigenvalue weighted by Gasteiger charge is 2.37. The van der Waals surface area contributed by atoms with E-state index in [1.54, 1.807) is 18.5 Å². The second-order valence-electron chi connectivity index (χ2n) is 12.0. The number of pyridine rings is 1. The van der Waals surface area contributed by atoms with Gasteiger partial charge in [0.05, 0.1) is 25.2 Å². The summed E-state index contributed by atoms with van der Waals surface area (Å²) in [6.45, 7) is 5.66. The first kappa shape index (κ1) is 30.1. The standard InChI is InChI=1S/C32H38Cl2N6O3/c1-38-7-5-23-20-40(10-6-29(23)38)32-35-17-27(18-36-32)43-30-12-22(11-28(37-30)24-14-25(33)16-26(34)15-24)19-39-8-3-21(4-9-39)13-31(41)42-2/h11-12,14-18,21,23,29H,3-10,13,19-20H2,1-2H3. The molecule has 3 aliphatic rings. The number of esters is 1. The first-order valence-electron chi connectivity index (χ1n) is 15.0. The third-order valence-electron chi connectivity index (χ3n) is 9.05. The van der Waals surface area contributed by atoms with E-state index in [1.807, 2.05) is 18.2 Å². The zero-order valence-electron chi connectivity index (χ0n) is 24.7. The molecule has 11 heteroatoms. The van der Waals surface area contributed by atoms with Gasteiger partial charge >= 0.3 is 5.97 Å².